The van der Waals surface area contributed by atoms with E-state index in [9.17, 15) is 4.79 Å². The van der Waals surface area contributed by atoms with Crippen molar-refractivity contribution in [1.82, 2.24) is 4.57 Å². The van der Waals surface area contributed by atoms with E-state index >= 15 is 0 Å². The van der Waals surface area contributed by atoms with Gasteiger partial charge in [-0.3, -0.25) is 9.36 Å². The van der Waals surface area contributed by atoms with Gasteiger partial charge in [0.1, 0.15) is 0 Å². The fourth-order valence-electron chi connectivity index (χ4n) is 4.70. The van der Waals surface area contributed by atoms with Crippen molar-refractivity contribution in [2.45, 2.75) is 18.9 Å². The maximum Gasteiger partial charge on any atom is 0.271 e. The molecule has 0 saturated carbocycles. The second-order valence-corrected chi connectivity index (χ2v) is 9.46. The lowest BCUT2D eigenvalue weighted by molar-refractivity contribution is 0.585. The fourth-order valence-corrected chi connectivity index (χ4v) is 5.94. The molecule has 3 aromatic carbocycles. The summed E-state index contributed by atoms with van der Waals surface area (Å²) in [7, 11) is 0. The van der Waals surface area contributed by atoms with Crippen molar-refractivity contribution in [3.63, 3.8) is 0 Å². The van der Waals surface area contributed by atoms with Crippen LogP contribution in [0.5, 0.6) is 0 Å². The first-order valence-electron chi connectivity index (χ1n) is 10.6. The van der Waals surface area contributed by atoms with Crippen LogP contribution in [0.25, 0.3) is 11.8 Å². The minimum atomic E-state index is -0.249. The molecule has 0 radical (unpaired) electrons. The number of hydrogen-bond acceptors (Lipinski definition) is 3. The van der Waals surface area contributed by atoms with Gasteiger partial charge >= 0.3 is 0 Å². The average Bonchev–Trinajstić information content (AvgIpc) is 3.13. The van der Waals surface area contributed by atoms with Gasteiger partial charge in [0.15, 0.2) is 4.80 Å². The minimum Gasteiger partial charge on any atom is -0.272 e. The first-order valence-corrected chi connectivity index (χ1v) is 11.8. The molecule has 0 bridgehead atoms. The Kier molecular flexibility index (Phi) is 4.71. The van der Waals surface area contributed by atoms with E-state index in [1.54, 1.807) is 0 Å². The molecule has 0 fully saturated rings. The van der Waals surface area contributed by atoms with Gasteiger partial charge in [-0.2, -0.15) is 0 Å². The molecule has 1 aliphatic carbocycles. The topological polar surface area (TPSA) is 34.4 Å². The summed E-state index contributed by atoms with van der Waals surface area (Å²) in [5, 5.41) is 0.669. The highest BCUT2D eigenvalue weighted by Crippen LogP contribution is 2.42. The van der Waals surface area contributed by atoms with Crippen molar-refractivity contribution in [2.75, 3.05) is 0 Å². The number of benzene rings is 3. The number of hydrogen-bond donors (Lipinski definition) is 0. The molecule has 1 atom stereocenters. The van der Waals surface area contributed by atoms with E-state index in [0.717, 1.165) is 45.6 Å². The highest BCUT2D eigenvalue weighted by molar-refractivity contribution is 7.07. The number of thiazole rings is 1. The molecule has 0 amide bonds. The number of aryl methyl sites for hydroxylation is 1. The lowest BCUT2D eigenvalue weighted by Crippen LogP contribution is -2.38. The summed E-state index contributed by atoms with van der Waals surface area (Å²) in [6.07, 6.45) is 3.73. The molecule has 3 nitrogen and oxygen atoms in total. The van der Waals surface area contributed by atoms with Gasteiger partial charge in [0.2, 0.25) is 0 Å². The van der Waals surface area contributed by atoms with Gasteiger partial charge in [-0.15, -0.1) is 0 Å². The van der Waals surface area contributed by atoms with Crippen LogP contribution in [0, 0.1) is 0 Å². The summed E-state index contributed by atoms with van der Waals surface area (Å²) in [6, 6.07) is 26.0. The molecule has 1 aromatic heterocycles. The lowest BCUT2D eigenvalue weighted by atomic mass is 9.83. The van der Waals surface area contributed by atoms with Crippen LogP contribution >= 0.6 is 22.9 Å². The number of allylic oxidation sites excluding steroid dienone is 1. The molecule has 1 aliphatic heterocycles. The molecule has 1 unspecified atom stereocenters. The van der Waals surface area contributed by atoms with E-state index in [1.165, 1.54) is 16.9 Å². The van der Waals surface area contributed by atoms with E-state index in [4.69, 9.17) is 16.6 Å². The molecule has 156 valence electrons. The molecule has 32 heavy (non-hydrogen) atoms. The third-order valence-electron chi connectivity index (χ3n) is 6.17. The van der Waals surface area contributed by atoms with E-state index < -0.39 is 0 Å². The Morgan fingerprint density at radius 1 is 0.938 bits per heavy atom. The van der Waals surface area contributed by atoms with Crippen molar-refractivity contribution in [1.29, 1.82) is 0 Å². The number of fused-ring (bicyclic) bond motifs is 3. The number of rotatable bonds is 2. The molecule has 2 heterocycles. The highest BCUT2D eigenvalue weighted by Gasteiger charge is 2.33. The van der Waals surface area contributed by atoms with Gasteiger partial charge in [0.25, 0.3) is 5.56 Å². The lowest BCUT2D eigenvalue weighted by Gasteiger charge is -2.31. The molecule has 0 N–H and O–H groups in total. The summed E-state index contributed by atoms with van der Waals surface area (Å²) in [4.78, 5) is 19.4. The van der Waals surface area contributed by atoms with Crippen molar-refractivity contribution >= 4 is 34.7 Å². The van der Waals surface area contributed by atoms with Crippen LogP contribution in [0.2, 0.25) is 5.02 Å². The monoisotopic (exact) mass is 454 g/mol. The Hall–Kier alpha value is -3.21. The number of halogens is 1. The van der Waals surface area contributed by atoms with Crippen LogP contribution in [0.3, 0.4) is 0 Å². The third kappa shape index (κ3) is 3.10. The van der Waals surface area contributed by atoms with E-state index in [2.05, 4.69) is 24.3 Å². The maximum absolute atomic E-state index is 13.6. The maximum atomic E-state index is 13.6. The van der Waals surface area contributed by atoms with E-state index in [-0.39, 0.29) is 11.6 Å². The first kappa shape index (κ1) is 19.5. The Balaban J connectivity index is 1.66. The van der Waals surface area contributed by atoms with Crippen molar-refractivity contribution < 1.29 is 0 Å². The molecule has 0 saturated heterocycles. The Morgan fingerprint density at radius 2 is 1.69 bits per heavy atom. The predicted molar refractivity (Wildman–Crippen MR) is 131 cm³/mol. The predicted octanol–water partition coefficient (Wildman–Crippen LogP) is 4.97. The zero-order valence-electron chi connectivity index (χ0n) is 17.2. The van der Waals surface area contributed by atoms with Crippen LogP contribution in [-0.2, 0) is 6.42 Å². The van der Waals surface area contributed by atoms with Crippen LogP contribution in [0.15, 0.2) is 94.2 Å². The van der Waals surface area contributed by atoms with Gasteiger partial charge in [-0.05, 0) is 47.2 Å². The SMILES string of the molecule is O=c1c(=Cc2ccccc2)sc2n1C(c1ccccc1Cl)C1=C(N=2)c2ccccc2CC1. The van der Waals surface area contributed by atoms with Gasteiger partial charge in [0.05, 0.1) is 16.3 Å². The molecular formula is C27H19ClN2OS. The van der Waals surface area contributed by atoms with E-state index in [1.807, 2.05) is 65.2 Å². The van der Waals surface area contributed by atoms with Gasteiger partial charge in [0, 0.05) is 10.6 Å². The summed E-state index contributed by atoms with van der Waals surface area (Å²) in [5.41, 5.74) is 6.54. The Labute approximate surface area is 194 Å². The largest absolute Gasteiger partial charge is 0.272 e. The second kappa shape index (κ2) is 7.73. The molecule has 0 spiro atoms. The summed E-state index contributed by atoms with van der Waals surface area (Å²) < 4.78 is 2.52. The molecule has 2 aliphatic rings. The summed E-state index contributed by atoms with van der Waals surface area (Å²) in [5.74, 6) is 0. The average molecular weight is 455 g/mol. The molecular weight excluding hydrogens is 436 g/mol. The normalized spacial score (nSPS) is 17.4. The number of aromatic nitrogens is 1. The van der Waals surface area contributed by atoms with Crippen LogP contribution < -0.4 is 14.9 Å². The molecule has 5 heteroatoms. The van der Waals surface area contributed by atoms with Crippen molar-refractivity contribution in [3.8, 4) is 0 Å². The standard InChI is InChI=1S/C27H19ClN2OS/c28-22-13-7-6-12-20(22)25-21-15-14-18-10-4-5-11-19(18)24(21)29-27-30(25)26(31)23(32-27)16-17-8-2-1-3-9-17/h1-13,16,25H,14-15H2. The zero-order valence-corrected chi connectivity index (χ0v) is 18.7. The summed E-state index contributed by atoms with van der Waals surface area (Å²) in [6.45, 7) is 0. The smallest absolute Gasteiger partial charge is 0.271 e. The Morgan fingerprint density at radius 3 is 2.53 bits per heavy atom. The third-order valence-corrected chi connectivity index (χ3v) is 7.50. The van der Waals surface area contributed by atoms with Crippen molar-refractivity contribution in [3.05, 3.63) is 131 Å². The van der Waals surface area contributed by atoms with Crippen molar-refractivity contribution in [2.24, 2.45) is 4.99 Å². The highest BCUT2D eigenvalue weighted by atomic mass is 35.5. The molecule has 4 aromatic rings. The Bertz CT molecular complexity index is 1560. The first-order chi connectivity index (χ1) is 15.7. The van der Waals surface area contributed by atoms with Crippen LogP contribution in [-0.4, -0.2) is 4.57 Å². The van der Waals surface area contributed by atoms with E-state index in [0.29, 0.717) is 9.55 Å². The number of nitrogens with zero attached hydrogens (tertiary/aromatic N) is 2. The fraction of sp³-hybridized carbons (Fsp3) is 0.111. The zero-order chi connectivity index (χ0) is 21.7. The molecule has 6 rings (SSSR count). The van der Waals surface area contributed by atoms with Crippen LogP contribution in [0.1, 0.15) is 34.7 Å². The van der Waals surface area contributed by atoms with Gasteiger partial charge in [-0.1, -0.05) is 95.7 Å². The van der Waals surface area contributed by atoms with Crippen LogP contribution in [0.4, 0.5) is 0 Å². The van der Waals surface area contributed by atoms with Gasteiger partial charge < -0.3 is 0 Å². The van der Waals surface area contributed by atoms with Gasteiger partial charge in [-0.25, -0.2) is 4.99 Å². The quantitative estimate of drug-likeness (QED) is 0.421. The second-order valence-electron chi connectivity index (χ2n) is 8.05. The summed E-state index contributed by atoms with van der Waals surface area (Å²) >= 11 is 8.11. The minimum absolute atomic E-state index is 0.0204.